The van der Waals surface area contributed by atoms with Gasteiger partial charge in [0.25, 0.3) is 0 Å². The number of piperidine rings is 1. The molecule has 0 radical (unpaired) electrons. The number of alkyl halides is 1. The summed E-state index contributed by atoms with van der Waals surface area (Å²) in [5.74, 6) is -1.81. The van der Waals surface area contributed by atoms with Gasteiger partial charge in [0, 0.05) is 6.54 Å². The smallest absolute Gasteiger partial charge is 0.309 e. The van der Waals surface area contributed by atoms with E-state index < -0.39 is 18.1 Å². The van der Waals surface area contributed by atoms with Crippen LogP contribution in [-0.4, -0.2) is 30.3 Å². The lowest BCUT2D eigenvalue weighted by Crippen LogP contribution is -2.41. The average molecular weight is 184 g/mol. The van der Waals surface area contributed by atoms with Gasteiger partial charge >= 0.3 is 5.97 Å². The van der Waals surface area contributed by atoms with Crippen molar-refractivity contribution in [1.29, 1.82) is 0 Å². The number of hydrogen-bond acceptors (Lipinski definition) is 2. The van der Waals surface area contributed by atoms with Gasteiger partial charge in [-0.3, -0.25) is 4.79 Å². The van der Waals surface area contributed by atoms with Gasteiger partial charge in [-0.15, -0.1) is 12.4 Å². The molecule has 5 heteroatoms. The number of halogens is 2. The summed E-state index contributed by atoms with van der Waals surface area (Å²) in [6.45, 7) is 0.786. The molecule has 1 rings (SSSR count). The maximum atomic E-state index is 12.7. The molecule has 0 bridgehead atoms. The minimum Gasteiger partial charge on any atom is -0.481 e. The second kappa shape index (κ2) is 4.51. The molecule has 0 aromatic heterocycles. The van der Waals surface area contributed by atoms with Crippen LogP contribution in [0.5, 0.6) is 0 Å². The van der Waals surface area contributed by atoms with Crippen LogP contribution >= 0.6 is 12.4 Å². The highest BCUT2D eigenvalue weighted by Crippen LogP contribution is 2.15. The first-order valence-corrected chi connectivity index (χ1v) is 3.29. The van der Waals surface area contributed by atoms with Crippen molar-refractivity contribution in [2.24, 2.45) is 5.92 Å². The monoisotopic (exact) mass is 183 g/mol. The zero-order chi connectivity index (χ0) is 7.56. The van der Waals surface area contributed by atoms with E-state index in [1.54, 1.807) is 0 Å². The minimum absolute atomic E-state index is 0. The Kier molecular flexibility index (Phi) is 4.37. The van der Waals surface area contributed by atoms with E-state index in [4.69, 9.17) is 5.11 Å². The lowest BCUT2D eigenvalue weighted by molar-refractivity contribution is -0.144. The Balaban J connectivity index is 0.000001000. The molecule has 0 aromatic rings. The second-order valence-corrected chi connectivity index (χ2v) is 2.45. The van der Waals surface area contributed by atoms with Gasteiger partial charge in [-0.25, -0.2) is 4.39 Å². The molecule has 1 saturated heterocycles. The molecular weight excluding hydrogens is 173 g/mol. The van der Waals surface area contributed by atoms with E-state index in [2.05, 4.69) is 5.32 Å². The Morgan fingerprint density at radius 1 is 1.64 bits per heavy atom. The van der Waals surface area contributed by atoms with Crippen molar-refractivity contribution in [2.45, 2.75) is 12.6 Å². The molecule has 0 spiro atoms. The molecule has 11 heavy (non-hydrogen) atoms. The minimum atomic E-state index is -1.22. The summed E-state index contributed by atoms with van der Waals surface area (Å²) in [7, 11) is 0. The molecule has 66 valence electrons. The van der Waals surface area contributed by atoms with E-state index in [9.17, 15) is 9.18 Å². The molecule has 0 aliphatic carbocycles. The number of hydrogen-bond donors (Lipinski definition) is 2. The second-order valence-electron chi connectivity index (χ2n) is 2.45. The highest BCUT2D eigenvalue weighted by Gasteiger charge is 2.30. The Bertz CT molecular complexity index is 145. The Morgan fingerprint density at radius 2 is 2.27 bits per heavy atom. The number of nitrogens with one attached hydrogen (secondary N) is 1. The molecule has 2 unspecified atom stereocenters. The number of carboxylic acids is 1. The van der Waals surface area contributed by atoms with Crippen molar-refractivity contribution in [3.8, 4) is 0 Å². The third-order valence-electron chi connectivity index (χ3n) is 1.73. The van der Waals surface area contributed by atoms with Crippen molar-refractivity contribution >= 4 is 18.4 Å². The molecule has 2 N–H and O–H groups in total. The third kappa shape index (κ3) is 2.63. The van der Waals surface area contributed by atoms with Crippen LogP contribution in [0.15, 0.2) is 0 Å². The van der Waals surface area contributed by atoms with Gasteiger partial charge in [-0.1, -0.05) is 0 Å². The van der Waals surface area contributed by atoms with Gasteiger partial charge in [0.1, 0.15) is 6.17 Å². The molecule has 0 aromatic carbocycles. The molecule has 0 amide bonds. The SMILES string of the molecule is Cl.O=C(O)C1CCNCC1F. The first-order chi connectivity index (χ1) is 4.72. The number of carboxylic acid groups (broad SMARTS) is 1. The number of aliphatic carboxylic acids is 1. The zero-order valence-electron chi connectivity index (χ0n) is 5.92. The highest BCUT2D eigenvalue weighted by atomic mass is 35.5. The van der Waals surface area contributed by atoms with Crippen molar-refractivity contribution in [2.75, 3.05) is 13.1 Å². The average Bonchev–Trinajstić information content (AvgIpc) is 1.88. The molecule has 0 saturated carbocycles. The maximum absolute atomic E-state index is 12.7. The van der Waals surface area contributed by atoms with Crippen LogP contribution in [0.4, 0.5) is 4.39 Å². The maximum Gasteiger partial charge on any atom is 0.309 e. The van der Waals surface area contributed by atoms with E-state index >= 15 is 0 Å². The standard InChI is InChI=1S/C6H10FNO2.ClH/c7-5-3-8-2-1-4(5)6(9)10;/h4-5,8H,1-3H2,(H,9,10);1H. The van der Waals surface area contributed by atoms with Gasteiger partial charge in [-0.2, -0.15) is 0 Å². The van der Waals surface area contributed by atoms with Gasteiger partial charge in [0.15, 0.2) is 0 Å². The molecule has 1 aliphatic heterocycles. The van der Waals surface area contributed by atoms with Crippen molar-refractivity contribution in [3.63, 3.8) is 0 Å². The number of rotatable bonds is 1. The fraction of sp³-hybridized carbons (Fsp3) is 0.833. The lowest BCUT2D eigenvalue weighted by Gasteiger charge is -2.22. The predicted molar refractivity (Wildman–Crippen MR) is 40.8 cm³/mol. The number of carbonyl (C=O) groups is 1. The Morgan fingerprint density at radius 3 is 2.64 bits per heavy atom. The van der Waals surface area contributed by atoms with Crippen LogP contribution in [0, 0.1) is 5.92 Å². The summed E-state index contributed by atoms with van der Waals surface area (Å²) in [4.78, 5) is 10.3. The van der Waals surface area contributed by atoms with E-state index in [1.165, 1.54) is 0 Å². The van der Waals surface area contributed by atoms with Crippen LogP contribution < -0.4 is 5.32 Å². The molecular formula is C6H11ClFNO2. The van der Waals surface area contributed by atoms with Crippen LogP contribution in [-0.2, 0) is 4.79 Å². The first-order valence-electron chi connectivity index (χ1n) is 3.29. The quantitative estimate of drug-likeness (QED) is 0.620. The first kappa shape index (κ1) is 10.7. The van der Waals surface area contributed by atoms with E-state index in [-0.39, 0.29) is 19.0 Å². The summed E-state index contributed by atoms with van der Waals surface area (Å²) in [5, 5.41) is 11.2. The van der Waals surface area contributed by atoms with Crippen molar-refractivity contribution < 1.29 is 14.3 Å². The molecule has 1 heterocycles. The highest BCUT2D eigenvalue weighted by molar-refractivity contribution is 5.85. The Labute approximate surface area is 70.4 Å². The van der Waals surface area contributed by atoms with E-state index in [1.807, 2.05) is 0 Å². The van der Waals surface area contributed by atoms with Gasteiger partial charge in [0.05, 0.1) is 5.92 Å². The Hall–Kier alpha value is -0.350. The fourth-order valence-corrected chi connectivity index (χ4v) is 1.10. The fourth-order valence-electron chi connectivity index (χ4n) is 1.10. The van der Waals surface area contributed by atoms with Crippen molar-refractivity contribution in [1.82, 2.24) is 5.32 Å². The molecule has 2 atom stereocenters. The normalized spacial score (nSPS) is 30.6. The van der Waals surface area contributed by atoms with E-state index in [0.717, 1.165) is 0 Å². The third-order valence-corrected chi connectivity index (χ3v) is 1.73. The zero-order valence-corrected chi connectivity index (χ0v) is 6.73. The largest absolute Gasteiger partial charge is 0.481 e. The summed E-state index contributed by atoms with van der Waals surface area (Å²) in [6.07, 6.45) is -0.817. The molecule has 1 fully saturated rings. The van der Waals surface area contributed by atoms with Crippen LogP contribution in [0.2, 0.25) is 0 Å². The van der Waals surface area contributed by atoms with Gasteiger partial charge < -0.3 is 10.4 Å². The summed E-state index contributed by atoms with van der Waals surface area (Å²) >= 11 is 0. The van der Waals surface area contributed by atoms with Crippen LogP contribution in [0.25, 0.3) is 0 Å². The van der Waals surface area contributed by atoms with Crippen LogP contribution in [0.1, 0.15) is 6.42 Å². The van der Waals surface area contributed by atoms with Gasteiger partial charge in [-0.05, 0) is 13.0 Å². The van der Waals surface area contributed by atoms with E-state index in [0.29, 0.717) is 13.0 Å². The van der Waals surface area contributed by atoms with Gasteiger partial charge in [0.2, 0.25) is 0 Å². The van der Waals surface area contributed by atoms with Crippen molar-refractivity contribution in [3.05, 3.63) is 0 Å². The molecule has 3 nitrogen and oxygen atoms in total. The predicted octanol–water partition coefficient (Wildman–Crippen LogP) is 0.440. The summed E-state index contributed by atoms with van der Waals surface area (Å²) in [5.41, 5.74) is 0. The van der Waals surface area contributed by atoms with Crippen LogP contribution in [0.3, 0.4) is 0 Å². The molecule has 1 aliphatic rings. The lowest BCUT2D eigenvalue weighted by atomic mass is 9.97. The topological polar surface area (TPSA) is 49.3 Å². The summed E-state index contributed by atoms with van der Waals surface area (Å²) < 4.78 is 12.7. The summed E-state index contributed by atoms with van der Waals surface area (Å²) in [6, 6.07) is 0.